The Morgan fingerprint density at radius 3 is 3.15 bits per heavy atom. The summed E-state index contributed by atoms with van der Waals surface area (Å²) in [5.74, 6) is 0. The second-order valence-corrected chi connectivity index (χ2v) is 6.43. The quantitative estimate of drug-likeness (QED) is 0.926. The van der Waals surface area contributed by atoms with Crippen LogP contribution in [0.5, 0.6) is 0 Å². The van der Waals surface area contributed by atoms with E-state index in [1.165, 1.54) is 34.5 Å². The van der Waals surface area contributed by atoms with Crippen LogP contribution in [-0.2, 0) is 13.0 Å². The first kappa shape index (κ1) is 13.4. The molecule has 106 valence electrons. The van der Waals surface area contributed by atoms with Gasteiger partial charge in [-0.25, -0.2) is 4.98 Å². The van der Waals surface area contributed by atoms with Crippen molar-refractivity contribution in [1.29, 1.82) is 0 Å². The normalized spacial score (nSPS) is 14.2. The highest BCUT2D eigenvalue weighted by Gasteiger charge is 2.17. The third-order valence-electron chi connectivity index (χ3n) is 3.68. The summed E-state index contributed by atoms with van der Waals surface area (Å²) in [5, 5.41) is 4.31. The van der Waals surface area contributed by atoms with Gasteiger partial charge >= 0.3 is 0 Å². The number of hydrogen-bond acceptors (Lipinski definition) is 4. The molecule has 1 aliphatic rings. The van der Waals surface area contributed by atoms with Crippen LogP contribution in [0.25, 0.3) is 0 Å². The molecule has 0 amide bonds. The van der Waals surface area contributed by atoms with Gasteiger partial charge in [0.15, 0.2) is 5.13 Å². The van der Waals surface area contributed by atoms with E-state index >= 15 is 0 Å². The molecule has 4 heteroatoms. The third kappa shape index (κ3) is 2.80. The average molecular weight is 287 g/mol. The molecule has 1 N–H and O–H groups in total. The largest absolute Gasteiger partial charge is 0.366 e. The molecule has 2 aromatic rings. The lowest BCUT2D eigenvalue weighted by atomic mass is 9.99. The molecule has 0 fully saturated rings. The highest BCUT2D eigenvalue weighted by atomic mass is 32.1. The van der Waals surface area contributed by atoms with Crippen LogP contribution in [0.1, 0.15) is 29.3 Å². The lowest BCUT2D eigenvalue weighted by Crippen LogP contribution is -2.28. The van der Waals surface area contributed by atoms with E-state index in [1.54, 1.807) is 11.3 Å². The third-order valence-corrected chi connectivity index (χ3v) is 4.62. The molecule has 20 heavy (non-hydrogen) atoms. The molecule has 0 unspecified atom stereocenters. The SMILES string of the molecule is CCNc1ncc(CN2CCCc3cc(C)ccc32)s1. The maximum absolute atomic E-state index is 4.42. The Labute approximate surface area is 124 Å². The number of aromatic nitrogens is 1. The smallest absolute Gasteiger partial charge is 0.182 e. The fraction of sp³-hybridized carbons (Fsp3) is 0.438. The van der Waals surface area contributed by atoms with Gasteiger partial charge < -0.3 is 10.2 Å². The zero-order valence-electron chi connectivity index (χ0n) is 12.1. The molecule has 1 aliphatic heterocycles. The summed E-state index contributed by atoms with van der Waals surface area (Å²) in [7, 11) is 0. The molecular weight excluding hydrogens is 266 g/mol. The fourth-order valence-electron chi connectivity index (χ4n) is 2.77. The minimum atomic E-state index is 0.929. The standard InChI is InChI=1S/C16H21N3S/c1-3-17-16-18-10-14(20-16)11-19-8-4-5-13-9-12(2)6-7-15(13)19/h6-7,9-10H,3-5,8,11H2,1-2H3,(H,17,18). The van der Waals surface area contributed by atoms with Crippen molar-refractivity contribution in [3.05, 3.63) is 40.4 Å². The zero-order chi connectivity index (χ0) is 13.9. The van der Waals surface area contributed by atoms with Crippen LogP contribution in [-0.4, -0.2) is 18.1 Å². The van der Waals surface area contributed by atoms with Crippen LogP contribution in [0.15, 0.2) is 24.4 Å². The molecule has 0 aliphatic carbocycles. The predicted molar refractivity (Wildman–Crippen MR) is 86.8 cm³/mol. The highest BCUT2D eigenvalue weighted by molar-refractivity contribution is 7.15. The first-order valence-electron chi connectivity index (χ1n) is 7.29. The first-order chi connectivity index (χ1) is 9.76. The second kappa shape index (κ2) is 5.83. The van der Waals surface area contributed by atoms with Crippen LogP contribution in [0.3, 0.4) is 0 Å². The molecule has 0 bridgehead atoms. The number of benzene rings is 1. The molecule has 0 radical (unpaired) electrons. The molecule has 3 rings (SSSR count). The Kier molecular flexibility index (Phi) is 3.92. The molecule has 2 heterocycles. The Hall–Kier alpha value is -1.55. The lowest BCUT2D eigenvalue weighted by molar-refractivity contribution is 0.694. The predicted octanol–water partition coefficient (Wildman–Crippen LogP) is 3.84. The minimum Gasteiger partial charge on any atom is -0.366 e. The number of rotatable bonds is 4. The van der Waals surface area contributed by atoms with Crippen LogP contribution in [0.4, 0.5) is 10.8 Å². The van der Waals surface area contributed by atoms with E-state index in [4.69, 9.17) is 0 Å². The van der Waals surface area contributed by atoms with Crippen LogP contribution in [0.2, 0.25) is 0 Å². The molecule has 0 spiro atoms. The number of thiazole rings is 1. The van der Waals surface area contributed by atoms with Gasteiger partial charge in [-0.15, -0.1) is 11.3 Å². The molecule has 1 aromatic heterocycles. The van der Waals surface area contributed by atoms with Crippen molar-refractivity contribution >= 4 is 22.2 Å². The van der Waals surface area contributed by atoms with Gasteiger partial charge in [-0.2, -0.15) is 0 Å². The summed E-state index contributed by atoms with van der Waals surface area (Å²) in [6.07, 6.45) is 4.46. The van der Waals surface area contributed by atoms with Gasteiger partial charge in [0.1, 0.15) is 0 Å². The van der Waals surface area contributed by atoms with Crippen LogP contribution in [0, 0.1) is 6.92 Å². The summed E-state index contributed by atoms with van der Waals surface area (Å²) in [6, 6.07) is 6.82. The molecule has 0 saturated carbocycles. The first-order valence-corrected chi connectivity index (χ1v) is 8.11. The van der Waals surface area contributed by atoms with Gasteiger partial charge in [-0.3, -0.25) is 0 Å². The van der Waals surface area contributed by atoms with Crippen molar-refractivity contribution in [2.45, 2.75) is 33.2 Å². The number of aryl methyl sites for hydroxylation is 2. The molecule has 0 atom stereocenters. The lowest BCUT2D eigenvalue weighted by Gasteiger charge is -2.31. The van der Waals surface area contributed by atoms with Crippen molar-refractivity contribution in [1.82, 2.24) is 4.98 Å². The maximum Gasteiger partial charge on any atom is 0.182 e. The van der Waals surface area contributed by atoms with Gasteiger partial charge in [-0.1, -0.05) is 17.7 Å². The van der Waals surface area contributed by atoms with Gasteiger partial charge in [0.25, 0.3) is 0 Å². The summed E-state index contributed by atoms with van der Waals surface area (Å²) < 4.78 is 0. The monoisotopic (exact) mass is 287 g/mol. The minimum absolute atomic E-state index is 0.929. The Bertz CT molecular complexity index is 591. The van der Waals surface area contributed by atoms with Crippen LogP contribution < -0.4 is 10.2 Å². The molecular formula is C16H21N3S. The Balaban J connectivity index is 1.78. The Morgan fingerprint density at radius 2 is 2.30 bits per heavy atom. The van der Waals surface area contributed by atoms with E-state index in [2.05, 4.69) is 47.2 Å². The van der Waals surface area contributed by atoms with E-state index < -0.39 is 0 Å². The van der Waals surface area contributed by atoms with Crippen LogP contribution >= 0.6 is 11.3 Å². The number of nitrogens with zero attached hydrogens (tertiary/aromatic N) is 2. The fourth-order valence-corrected chi connectivity index (χ4v) is 3.67. The van der Waals surface area contributed by atoms with Gasteiger partial charge in [-0.05, 0) is 38.3 Å². The van der Waals surface area contributed by atoms with Gasteiger partial charge in [0.2, 0.25) is 0 Å². The van der Waals surface area contributed by atoms with Crippen molar-refractivity contribution in [2.24, 2.45) is 0 Å². The van der Waals surface area contributed by atoms with Crippen molar-refractivity contribution < 1.29 is 0 Å². The Morgan fingerprint density at radius 1 is 1.40 bits per heavy atom. The number of fused-ring (bicyclic) bond motifs is 1. The topological polar surface area (TPSA) is 28.2 Å². The summed E-state index contributed by atoms with van der Waals surface area (Å²) >= 11 is 1.77. The van der Waals surface area contributed by atoms with Crippen molar-refractivity contribution in [2.75, 3.05) is 23.3 Å². The average Bonchev–Trinajstić information content (AvgIpc) is 2.86. The van der Waals surface area contributed by atoms with Crippen molar-refractivity contribution in [3.8, 4) is 0 Å². The highest BCUT2D eigenvalue weighted by Crippen LogP contribution is 2.30. The number of anilines is 2. The number of nitrogens with one attached hydrogen (secondary N) is 1. The van der Waals surface area contributed by atoms with E-state index in [0.29, 0.717) is 0 Å². The van der Waals surface area contributed by atoms with E-state index in [-0.39, 0.29) is 0 Å². The van der Waals surface area contributed by atoms with Gasteiger partial charge in [0.05, 0.1) is 6.54 Å². The molecule has 1 aromatic carbocycles. The molecule has 0 saturated heterocycles. The summed E-state index contributed by atoms with van der Waals surface area (Å²) in [4.78, 5) is 8.24. The van der Waals surface area contributed by atoms with Gasteiger partial charge in [0, 0.05) is 29.9 Å². The van der Waals surface area contributed by atoms with Crippen molar-refractivity contribution in [3.63, 3.8) is 0 Å². The second-order valence-electron chi connectivity index (χ2n) is 5.32. The number of hydrogen-bond donors (Lipinski definition) is 1. The summed E-state index contributed by atoms with van der Waals surface area (Å²) in [6.45, 7) is 7.32. The van der Waals surface area contributed by atoms with E-state index in [1.807, 2.05) is 6.20 Å². The molecule has 3 nitrogen and oxygen atoms in total. The zero-order valence-corrected chi connectivity index (χ0v) is 13.0. The van der Waals surface area contributed by atoms with E-state index in [9.17, 15) is 0 Å². The van der Waals surface area contributed by atoms with E-state index in [0.717, 1.165) is 24.8 Å². The summed E-state index contributed by atoms with van der Waals surface area (Å²) in [5.41, 5.74) is 4.26. The maximum atomic E-state index is 4.42.